The Morgan fingerprint density at radius 3 is 2.43 bits per heavy atom. The Hall–Kier alpha value is -2.09. The van der Waals surface area contributed by atoms with E-state index in [9.17, 15) is 22.8 Å². The molecular formula is C20H26F3N3O2. The Balaban J connectivity index is 1.59. The number of nitrogens with zero attached hydrogens (tertiary/aromatic N) is 2. The summed E-state index contributed by atoms with van der Waals surface area (Å²) in [7, 11) is 0. The molecule has 1 N–H and O–H groups in total. The van der Waals surface area contributed by atoms with Crippen LogP contribution in [0, 0.1) is 0 Å². The second-order valence-corrected chi connectivity index (χ2v) is 7.72. The number of piperidine rings is 1. The summed E-state index contributed by atoms with van der Waals surface area (Å²) in [6.45, 7) is 3.53. The molecule has 0 bridgehead atoms. The maximum Gasteiger partial charge on any atom is 0.416 e. The number of likely N-dealkylation sites (tertiary alicyclic amines) is 1. The monoisotopic (exact) mass is 397 g/mol. The summed E-state index contributed by atoms with van der Waals surface area (Å²) in [6, 6.07) is 5.24. The van der Waals surface area contributed by atoms with E-state index in [1.807, 2.05) is 0 Å². The first-order valence-electron chi connectivity index (χ1n) is 9.67. The van der Waals surface area contributed by atoms with Gasteiger partial charge in [-0.15, -0.1) is 0 Å². The third-order valence-corrected chi connectivity index (χ3v) is 5.21. The molecule has 28 heavy (non-hydrogen) atoms. The summed E-state index contributed by atoms with van der Waals surface area (Å²) < 4.78 is 38.2. The van der Waals surface area contributed by atoms with Crippen molar-refractivity contribution in [1.82, 2.24) is 15.1 Å². The third kappa shape index (κ3) is 5.70. The average Bonchev–Trinajstić information content (AvgIpc) is 3.44. The lowest BCUT2D eigenvalue weighted by molar-refractivity contribution is -0.138. The van der Waals surface area contributed by atoms with Crippen LogP contribution in [0.25, 0.3) is 0 Å². The second-order valence-electron chi connectivity index (χ2n) is 7.72. The van der Waals surface area contributed by atoms with Gasteiger partial charge in [0.2, 0.25) is 11.8 Å². The third-order valence-electron chi connectivity index (χ3n) is 5.21. The molecular weight excluding hydrogens is 371 g/mol. The zero-order valence-electron chi connectivity index (χ0n) is 16.0. The molecule has 0 radical (unpaired) electrons. The van der Waals surface area contributed by atoms with Gasteiger partial charge in [0.15, 0.2) is 0 Å². The second kappa shape index (κ2) is 8.51. The molecule has 1 saturated heterocycles. The van der Waals surface area contributed by atoms with E-state index in [4.69, 9.17) is 0 Å². The minimum atomic E-state index is -4.36. The highest BCUT2D eigenvalue weighted by Gasteiger charge is 2.34. The summed E-state index contributed by atoms with van der Waals surface area (Å²) in [6.07, 6.45) is -0.673. The van der Waals surface area contributed by atoms with Crippen LogP contribution in [0.2, 0.25) is 0 Å². The van der Waals surface area contributed by atoms with E-state index in [0.29, 0.717) is 18.7 Å². The number of hydrogen-bond acceptors (Lipinski definition) is 3. The normalized spacial score (nSPS) is 20.6. The number of nitrogens with one attached hydrogen (secondary N) is 1. The van der Waals surface area contributed by atoms with E-state index in [1.54, 1.807) is 4.90 Å². The van der Waals surface area contributed by atoms with E-state index < -0.39 is 11.7 Å². The predicted molar refractivity (Wildman–Crippen MR) is 98.3 cm³/mol. The quantitative estimate of drug-likeness (QED) is 0.803. The van der Waals surface area contributed by atoms with Gasteiger partial charge in [0.1, 0.15) is 0 Å². The molecule has 1 aromatic carbocycles. The molecule has 1 aliphatic carbocycles. The van der Waals surface area contributed by atoms with E-state index in [0.717, 1.165) is 44.4 Å². The van der Waals surface area contributed by atoms with Crippen LogP contribution in [0.1, 0.15) is 43.7 Å². The highest BCUT2D eigenvalue weighted by atomic mass is 19.4. The topological polar surface area (TPSA) is 52.7 Å². The first-order valence-corrected chi connectivity index (χ1v) is 9.67. The number of halogens is 3. The molecule has 1 aromatic rings. The first kappa shape index (κ1) is 20.6. The maximum atomic E-state index is 12.9. The fourth-order valence-electron chi connectivity index (χ4n) is 3.69. The number of hydrogen-bond donors (Lipinski definition) is 1. The first-order chi connectivity index (χ1) is 13.2. The van der Waals surface area contributed by atoms with E-state index >= 15 is 0 Å². The van der Waals surface area contributed by atoms with Gasteiger partial charge in [0, 0.05) is 32.1 Å². The molecule has 1 heterocycles. The van der Waals surface area contributed by atoms with Crippen LogP contribution >= 0.6 is 0 Å². The van der Waals surface area contributed by atoms with Gasteiger partial charge in [-0.3, -0.25) is 14.5 Å². The van der Waals surface area contributed by atoms with Gasteiger partial charge in [0.05, 0.1) is 12.1 Å². The van der Waals surface area contributed by atoms with Gasteiger partial charge >= 0.3 is 6.18 Å². The number of carbonyl (C=O) groups excluding carboxylic acids is 2. The number of amides is 2. The standard InChI is InChI=1S/C20H26F3N3O2/c1-14(27)24-17-3-2-10-25(12-17)13-19(28)26(18-8-9-18)11-15-4-6-16(7-5-15)20(21,22)23/h4-7,17-18H,2-3,8-13H2,1H3,(H,24,27). The summed E-state index contributed by atoms with van der Waals surface area (Å²) in [5.41, 5.74) is 0.0147. The van der Waals surface area contributed by atoms with Crippen LogP contribution in [0.15, 0.2) is 24.3 Å². The summed E-state index contributed by atoms with van der Waals surface area (Å²) in [5.74, 6) is -0.0778. The Kier molecular flexibility index (Phi) is 6.27. The maximum absolute atomic E-state index is 12.9. The lowest BCUT2D eigenvalue weighted by Gasteiger charge is -2.34. The highest BCUT2D eigenvalue weighted by molar-refractivity contribution is 5.79. The van der Waals surface area contributed by atoms with Gasteiger partial charge in [-0.2, -0.15) is 13.2 Å². The summed E-state index contributed by atoms with van der Waals surface area (Å²) >= 11 is 0. The molecule has 1 atom stereocenters. The van der Waals surface area contributed by atoms with Crippen LogP contribution in [0.5, 0.6) is 0 Å². The van der Waals surface area contributed by atoms with Gasteiger partial charge in [-0.1, -0.05) is 12.1 Å². The largest absolute Gasteiger partial charge is 0.416 e. The summed E-state index contributed by atoms with van der Waals surface area (Å²) in [5, 5.41) is 2.91. The molecule has 154 valence electrons. The Morgan fingerprint density at radius 1 is 1.18 bits per heavy atom. The number of carbonyl (C=O) groups is 2. The van der Waals surface area contributed by atoms with Crippen molar-refractivity contribution in [2.24, 2.45) is 0 Å². The van der Waals surface area contributed by atoms with Gasteiger partial charge in [-0.05, 0) is 49.9 Å². The van der Waals surface area contributed by atoms with Crippen LogP contribution in [-0.4, -0.2) is 53.3 Å². The van der Waals surface area contributed by atoms with Gasteiger partial charge in [0.25, 0.3) is 0 Å². The molecule has 5 nitrogen and oxygen atoms in total. The number of alkyl halides is 3. The molecule has 8 heteroatoms. The molecule has 3 rings (SSSR count). The van der Waals surface area contributed by atoms with Gasteiger partial charge < -0.3 is 10.2 Å². The lowest BCUT2D eigenvalue weighted by Crippen LogP contribution is -2.50. The lowest BCUT2D eigenvalue weighted by atomic mass is 10.1. The zero-order chi connectivity index (χ0) is 20.3. The Morgan fingerprint density at radius 2 is 1.86 bits per heavy atom. The van der Waals surface area contributed by atoms with Crippen molar-refractivity contribution in [2.45, 2.75) is 57.4 Å². The molecule has 1 unspecified atom stereocenters. The molecule has 1 aliphatic heterocycles. The van der Waals surface area contributed by atoms with E-state index in [1.165, 1.54) is 19.1 Å². The number of rotatable bonds is 6. The molecule has 0 spiro atoms. The van der Waals surface area contributed by atoms with Crippen molar-refractivity contribution in [3.63, 3.8) is 0 Å². The van der Waals surface area contributed by atoms with Crippen molar-refractivity contribution in [3.8, 4) is 0 Å². The number of benzene rings is 1. The minimum absolute atomic E-state index is 0.00845. The highest BCUT2D eigenvalue weighted by Crippen LogP contribution is 2.31. The van der Waals surface area contributed by atoms with Crippen molar-refractivity contribution < 1.29 is 22.8 Å². The van der Waals surface area contributed by atoms with Crippen molar-refractivity contribution in [1.29, 1.82) is 0 Å². The molecule has 0 aromatic heterocycles. The van der Waals surface area contributed by atoms with Crippen molar-refractivity contribution in [2.75, 3.05) is 19.6 Å². The van der Waals surface area contributed by atoms with Crippen molar-refractivity contribution in [3.05, 3.63) is 35.4 Å². The fourth-order valence-corrected chi connectivity index (χ4v) is 3.69. The minimum Gasteiger partial charge on any atom is -0.352 e. The smallest absolute Gasteiger partial charge is 0.352 e. The Bertz CT molecular complexity index is 702. The SMILES string of the molecule is CC(=O)NC1CCCN(CC(=O)N(Cc2ccc(C(F)(F)F)cc2)C2CC2)C1. The van der Waals surface area contributed by atoms with E-state index in [2.05, 4.69) is 10.2 Å². The average molecular weight is 397 g/mol. The van der Waals surface area contributed by atoms with Gasteiger partial charge in [-0.25, -0.2) is 0 Å². The summed E-state index contributed by atoms with van der Waals surface area (Å²) in [4.78, 5) is 28.0. The zero-order valence-corrected chi connectivity index (χ0v) is 16.0. The molecule has 2 amide bonds. The van der Waals surface area contributed by atoms with Crippen LogP contribution < -0.4 is 5.32 Å². The van der Waals surface area contributed by atoms with Crippen molar-refractivity contribution >= 4 is 11.8 Å². The van der Waals surface area contributed by atoms with Crippen LogP contribution in [-0.2, 0) is 22.3 Å². The molecule has 2 fully saturated rings. The molecule has 1 saturated carbocycles. The van der Waals surface area contributed by atoms with Crippen LogP contribution in [0.4, 0.5) is 13.2 Å². The Labute approximate surface area is 162 Å². The van der Waals surface area contributed by atoms with Crippen LogP contribution in [0.3, 0.4) is 0 Å². The predicted octanol–water partition coefficient (Wildman–Crippen LogP) is 2.80. The molecule has 2 aliphatic rings. The van der Waals surface area contributed by atoms with E-state index in [-0.39, 0.29) is 30.4 Å². The fraction of sp³-hybridized carbons (Fsp3) is 0.600.